The predicted octanol–water partition coefficient (Wildman–Crippen LogP) is 2.43. The van der Waals surface area contributed by atoms with Gasteiger partial charge in [-0.3, -0.25) is 4.90 Å². The van der Waals surface area contributed by atoms with Crippen molar-refractivity contribution < 1.29 is 9.47 Å². The maximum Gasteiger partial charge on any atom is 0.178 e. The number of rotatable bonds is 5. The Labute approximate surface area is 114 Å². The summed E-state index contributed by atoms with van der Waals surface area (Å²) in [5.74, 6) is 1.18. The molecule has 0 N–H and O–H groups in total. The molecule has 1 aliphatic heterocycles. The largest absolute Gasteiger partial charge is 0.493 e. The second kappa shape index (κ2) is 7.01. The highest BCUT2D eigenvalue weighted by Gasteiger charge is 2.13. The van der Waals surface area contributed by atoms with Crippen LogP contribution < -0.4 is 9.47 Å². The van der Waals surface area contributed by atoms with Gasteiger partial charge >= 0.3 is 0 Å². The fourth-order valence-corrected chi connectivity index (χ4v) is 2.37. The van der Waals surface area contributed by atoms with Crippen molar-refractivity contribution in [2.75, 3.05) is 33.4 Å². The lowest BCUT2D eigenvalue weighted by atomic mass is 10.1. The summed E-state index contributed by atoms with van der Waals surface area (Å²) < 4.78 is 11.0. The molecule has 0 bridgehead atoms. The van der Waals surface area contributed by atoms with Crippen LogP contribution in [0.3, 0.4) is 0 Å². The van der Waals surface area contributed by atoms with E-state index in [1.165, 1.54) is 19.3 Å². The standard InChI is InChI=1S/C15H20N2O2/c1-18-14-7-5-6-13(12-16)15(14)19-11-10-17-8-3-2-4-9-17/h5-7H,2-4,8-11H2,1H3. The van der Waals surface area contributed by atoms with Gasteiger partial charge in [-0.25, -0.2) is 0 Å². The number of ether oxygens (including phenoxy) is 2. The minimum absolute atomic E-state index is 0.526. The van der Waals surface area contributed by atoms with Gasteiger partial charge in [0.25, 0.3) is 0 Å². The number of hydrogen-bond donors (Lipinski definition) is 0. The molecule has 0 aliphatic carbocycles. The van der Waals surface area contributed by atoms with E-state index in [1.807, 2.05) is 6.07 Å². The van der Waals surface area contributed by atoms with Crippen LogP contribution in [0, 0.1) is 11.3 Å². The molecule has 4 heteroatoms. The second-order valence-electron chi connectivity index (χ2n) is 4.70. The number of nitriles is 1. The van der Waals surface area contributed by atoms with Gasteiger partial charge in [0.05, 0.1) is 12.7 Å². The molecule has 0 spiro atoms. The lowest BCUT2D eigenvalue weighted by Gasteiger charge is -2.26. The van der Waals surface area contributed by atoms with E-state index in [4.69, 9.17) is 14.7 Å². The highest BCUT2D eigenvalue weighted by molar-refractivity contribution is 5.52. The van der Waals surface area contributed by atoms with Crippen molar-refractivity contribution in [1.82, 2.24) is 4.90 Å². The van der Waals surface area contributed by atoms with Crippen molar-refractivity contribution in [2.45, 2.75) is 19.3 Å². The Morgan fingerprint density at radius 2 is 2.05 bits per heavy atom. The summed E-state index contributed by atoms with van der Waals surface area (Å²) in [5.41, 5.74) is 0.526. The van der Waals surface area contributed by atoms with Crippen molar-refractivity contribution in [3.05, 3.63) is 23.8 Å². The molecule has 102 valence electrons. The van der Waals surface area contributed by atoms with Gasteiger partial charge in [-0.1, -0.05) is 12.5 Å². The van der Waals surface area contributed by atoms with Crippen LogP contribution >= 0.6 is 0 Å². The van der Waals surface area contributed by atoms with Crippen molar-refractivity contribution in [3.63, 3.8) is 0 Å². The van der Waals surface area contributed by atoms with E-state index < -0.39 is 0 Å². The maximum absolute atomic E-state index is 9.09. The van der Waals surface area contributed by atoms with Crippen LogP contribution in [0.4, 0.5) is 0 Å². The minimum Gasteiger partial charge on any atom is -0.493 e. The molecule has 1 aliphatic rings. The average molecular weight is 260 g/mol. The van der Waals surface area contributed by atoms with Gasteiger partial charge in [-0.05, 0) is 38.1 Å². The van der Waals surface area contributed by atoms with Crippen LogP contribution in [0.15, 0.2) is 18.2 Å². The Bertz CT molecular complexity index is 448. The lowest BCUT2D eigenvalue weighted by molar-refractivity contribution is 0.180. The third kappa shape index (κ3) is 3.62. The highest BCUT2D eigenvalue weighted by Crippen LogP contribution is 2.30. The monoisotopic (exact) mass is 260 g/mol. The van der Waals surface area contributed by atoms with Gasteiger partial charge < -0.3 is 9.47 Å². The summed E-state index contributed by atoms with van der Waals surface area (Å²) in [6.45, 7) is 3.80. The van der Waals surface area contributed by atoms with Gasteiger partial charge in [0, 0.05) is 6.54 Å². The van der Waals surface area contributed by atoms with Crippen molar-refractivity contribution >= 4 is 0 Å². The lowest BCUT2D eigenvalue weighted by Crippen LogP contribution is -2.33. The van der Waals surface area contributed by atoms with Crippen molar-refractivity contribution in [2.24, 2.45) is 0 Å². The second-order valence-corrected chi connectivity index (χ2v) is 4.70. The first kappa shape index (κ1) is 13.7. The zero-order valence-electron chi connectivity index (χ0n) is 11.4. The molecule has 1 heterocycles. The fourth-order valence-electron chi connectivity index (χ4n) is 2.37. The van der Waals surface area contributed by atoms with E-state index >= 15 is 0 Å². The number of methoxy groups -OCH3 is 1. The van der Waals surface area contributed by atoms with E-state index in [9.17, 15) is 0 Å². The van der Waals surface area contributed by atoms with Gasteiger partial charge in [0.15, 0.2) is 11.5 Å². The van der Waals surface area contributed by atoms with E-state index in [2.05, 4.69) is 11.0 Å². The van der Waals surface area contributed by atoms with Gasteiger partial charge in [0.2, 0.25) is 0 Å². The van der Waals surface area contributed by atoms with E-state index in [0.29, 0.717) is 23.7 Å². The summed E-state index contributed by atoms with van der Waals surface area (Å²) in [5, 5.41) is 9.09. The number of piperidine rings is 1. The molecule has 0 unspecified atom stereocenters. The van der Waals surface area contributed by atoms with Crippen LogP contribution in [0.1, 0.15) is 24.8 Å². The molecule has 0 aromatic heterocycles. The zero-order valence-corrected chi connectivity index (χ0v) is 11.4. The van der Waals surface area contributed by atoms with Crippen LogP contribution in [-0.2, 0) is 0 Å². The molecule has 0 radical (unpaired) electrons. The number of nitrogens with zero attached hydrogens (tertiary/aromatic N) is 2. The van der Waals surface area contributed by atoms with Crippen LogP contribution in [0.2, 0.25) is 0 Å². The highest BCUT2D eigenvalue weighted by atomic mass is 16.5. The zero-order chi connectivity index (χ0) is 13.5. The number of para-hydroxylation sites is 1. The third-order valence-electron chi connectivity index (χ3n) is 3.42. The summed E-state index contributed by atoms with van der Waals surface area (Å²) >= 11 is 0. The topological polar surface area (TPSA) is 45.5 Å². The van der Waals surface area contributed by atoms with E-state index in [-0.39, 0.29) is 0 Å². The Kier molecular flexibility index (Phi) is 5.05. The summed E-state index contributed by atoms with van der Waals surface area (Å²) in [4.78, 5) is 2.41. The van der Waals surface area contributed by atoms with E-state index in [0.717, 1.165) is 19.6 Å². The molecule has 1 saturated heterocycles. The first-order valence-corrected chi connectivity index (χ1v) is 6.77. The first-order valence-electron chi connectivity index (χ1n) is 6.77. The predicted molar refractivity (Wildman–Crippen MR) is 73.5 cm³/mol. The first-order chi connectivity index (χ1) is 9.35. The normalized spacial score (nSPS) is 15.8. The SMILES string of the molecule is COc1cccc(C#N)c1OCCN1CCCCC1. The fraction of sp³-hybridized carbons (Fsp3) is 0.533. The molecule has 0 amide bonds. The van der Waals surface area contributed by atoms with Crippen LogP contribution in [0.25, 0.3) is 0 Å². The van der Waals surface area contributed by atoms with Crippen molar-refractivity contribution in [3.8, 4) is 17.6 Å². The molecular formula is C15H20N2O2. The Morgan fingerprint density at radius 3 is 2.74 bits per heavy atom. The molecule has 1 fully saturated rings. The minimum atomic E-state index is 0.526. The smallest absolute Gasteiger partial charge is 0.178 e. The molecule has 1 aromatic rings. The number of likely N-dealkylation sites (tertiary alicyclic amines) is 1. The average Bonchev–Trinajstić information content (AvgIpc) is 2.48. The molecule has 4 nitrogen and oxygen atoms in total. The summed E-state index contributed by atoms with van der Waals surface area (Å²) in [7, 11) is 1.59. The molecule has 0 atom stereocenters. The number of hydrogen-bond acceptors (Lipinski definition) is 4. The number of benzene rings is 1. The Morgan fingerprint density at radius 1 is 1.26 bits per heavy atom. The summed E-state index contributed by atoms with van der Waals surface area (Å²) in [6.07, 6.45) is 3.89. The van der Waals surface area contributed by atoms with Crippen LogP contribution in [-0.4, -0.2) is 38.3 Å². The molecule has 1 aromatic carbocycles. The molecule has 0 saturated carbocycles. The van der Waals surface area contributed by atoms with Gasteiger partial charge in [0.1, 0.15) is 12.7 Å². The maximum atomic E-state index is 9.09. The molecular weight excluding hydrogens is 240 g/mol. The Hall–Kier alpha value is -1.73. The third-order valence-corrected chi connectivity index (χ3v) is 3.42. The van der Waals surface area contributed by atoms with Gasteiger partial charge in [-0.15, -0.1) is 0 Å². The molecule has 19 heavy (non-hydrogen) atoms. The van der Waals surface area contributed by atoms with Gasteiger partial charge in [-0.2, -0.15) is 5.26 Å². The molecule has 2 rings (SSSR count). The van der Waals surface area contributed by atoms with E-state index in [1.54, 1.807) is 19.2 Å². The van der Waals surface area contributed by atoms with Crippen LogP contribution in [0.5, 0.6) is 11.5 Å². The van der Waals surface area contributed by atoms with Crippen molar-refractivity contribution in [1.29, 1.82) is 5.26 Å². The Balaban J connectivity index is 1.93. The quantitative estimate of drug-likeness (QED) is 0.815. The summed E-state index contributed by atoms with van der Waals surface area (Å²) in [6, 6.07) is 7.51.